The van der Waals surface area contributed by atoms with Crippen LogP contribution >= 0.6 is 11.8 Å². The summed E-state index contributed by atoms with van der Waals surface area (Å²) in [5.41, 5.74) is 1.09. The summed E-state index contributed by atoms with van der Waals surface area (Å²) in [5.74, 6) is -0.282. The van der Waals surface area contributed by atoms with E-state index in [1.54, 1.807) is 0 Å². The fourth-order valence-corrected chi connectivity index (χ4v) is 4.63. The number of nitrogens with one attached hydrogen (secondary N) is 1. The van der Waals surface area contributed by atoms with E-state index in [0.717, 1.165) is 22.6 Å². The Morgan fingerprint density at radius 2 is 1.89 bits per heavy atom. The molecule has 4 nitrogen and oxygen atoms in total. The van der Waals surface area contributed by atoms with Crippen molar-refractivity contribution in [1.82, 2.24) is 0 Å². The van der Waals surface area contributed by atoms with E-state index in [0.29, 0.717) is 38.4 Å². The standard InChI is InChI=1S/C20H19F3N2O2S/c21-20(22,23)14-5-6-16(25-7-9-27-10-8-25)15(12-14)24-19(26)18-11-13-3-1-2-4-17(13)28-18/h1-6,12,18H,7-11H2,(H,24,26)/t18-/m1/s1. The second-order valence-corrected chi connectivity index (χ2v) is 7.98. The molecule has 0 saturated carbocycles. The van der Waals surface area contributed by atoms with E-state index in [4.69, 9.17) is 4.74 Å². The number of fused-ring (bicyclic) bond motifs is 1. The highest BCUT2D eigenvalue weighted by Crippen LogP contribution is 2.39. The molecule has 1 N–H and O–H groups in total. The Morgan fingerprint density at radius 3 is 2.61 bits per heavy atom. The number of amides is 1. The van der Waals surface area contributed by atoms with Gasteiger partial charge in [0.05, 0.1) is 35.4 Å². The normalized spacial score (nSPS) is 19.4. The van der Waals surface area contributed by atoms with Crippen molar-refractivity contribution >= 4 is 29.0 Å². The minimum Gasteiger partial charge on any atom is -0.378 e. The fraction of sp³-hybridized carbons (Fsp3) is 0.350. The molecule has 28 heavy (non-hydrogen) atoms. The molecule has 0 bridgehead atoms. The number of nitrogens with zero attached hydrogens (tertiary/aromatic N) is 1. The first-order chi connectivity index (χ1) is 13.4. The number of rotatable bonds is 3. The number of alkyl halides is 3. The van der Waals surface area contributed by atoms with Crippen molar-refractivity contribution in [3.8, 4) is 0 Å². The second-order valence-electron chi connectivity index (χ2n) is 6.74. The summed E-state index contributed by atoms with van der Waals surface area (Å²) in [5, 5.41) is 2.40. The van der Waals surface area contributed by atoms with E-state index < -0.39 is 11.7 Å². The van der Waals surface area contributed by atoms with Gasteiger partial charge in [0.1, 0.15) is 0 Å². The molecule has 0 spiro atoms. The number of carbonyl (C=O) groups is 1. The highest BCUT2D eigenvalue weighted by atomic mass is 32.2. The van der Waals surface area contributed by atoms with Gasteiger partial charge in [-0.1, -0.05) is 18.2 Å². The quantitative estimate of drug-likeness (QED) is 0.827. The lowest BCUT2D eigenvalue weighted by Crippen LogP contribution is -2.37. The molecule has 1 saturated heterocycles. The van der Waals surface area contributed by atoms with E-state index in [2.05, 4.69) is 5.32 Å². The molecule has 2 aliphatic heterocycles. The predicted octanol–water partition coefficient (Wildman–Crippen LogP) is 4.20. The molecule has 0 aromatic heterocycles. The zero-order chi connectivity index (χ0) is 19.7. The molecule has 1 atom stereocenters. The molecule has 2 aliphatic rings. The summed E-state index contributed by atoms with van der Waals surface area (Å²) in [7, 11) is 0. The van der Waals surface area contributed by atoms with E-state index in [-0.39, 0.29) is 16.8 Å². The highest BCUT2D eigenvalue weighted by Gasteiger charge is 2.33. The lowest BCUT2D eigenvalue weighted by molar-refractivity contribution is -0.137. The highest BCUT2D eigenvalue weighted by molar-refractivity contribution is 8.01. The molecule has 8 heteroatoms. The lowest BCUT2D eigenvalue weighted by atomic mass is 10.1. The van der Waals surface area contributed by atoms with Crippen LogP contribution in [0, 0.1) is 0 Å². The van der Waals surface area contributed by atoms with Gasteiger partial charge < -0.3 is 15.0 Å². The number of morpholine rings is 1. The van der Waals surface area contributed by atoms with Crippen LogP contribution in [0.2, 0.25) is 0 Å². The van der Waals surface area contributed by atoms with Gasteiger partial charge in [-0.05, 0) is 36.2 Å². The molecule has 2 aromatic carbocycles. The first kappa shape index (κ1) is 19.1. The number of benzene rings is 2. The van der Waals surface area contributed by atoms with Gasteiger partial charge >= 0.3 is 6.18 Å². The summed E-state index contributed by atoms with van der Waals surface area (Å²) in [6.07, 6.45) is -3.90. The summed E-state index contributed by atoms with van der Waals surface area (Å²) in [4.78, 5) is 15.8. The third-order valence-electron chi connectivity index (χ3n) is 4.87. The van der Waals surface area contributed by atoms with Crippen molar-refractivity contribution in [3.63, 3.8) is 0 Å². The Balaban J connectivity index is 1.59. The largest absolute Gasteiger partial charge is 0.416 e. The number of anilines is 2. The SMILES string of the molecule is O=C(Nc1cc(C(F)(F)F)ccc1N1CCOCC1)[C@H]1Cc2ccccc2S1. The summed E-state index contributed by atoms with van der Waals surface area (Å²) >= 11 is 1.45. The summed E-state index contributed by atoms with van der Waals surface area (Å²) in [6.45, 7) is 2.14. The van der Waals surface area contributed by atoms with Crippen molar-refractivity contribution < 1.29 is 22.7 Å². The average Bonchev–Trinajstić information content (AvgIpc) is 3.12. The Labute approximate surface area is 165 Å². The minimum absolute atomic E-state index is 0.193. The van der Waals surface area contributed by atoms with E-state index in [1.807, 2.05) is 29.2 Å². The van der Waals surface area contributed by atoms with Crippen molar-refractivity contribution in [2.75, 3.05) is 36.5 Å². The van der Waals surface area contributed by atoms with Crippen LogP contribution in [0.4, 0.5) is 24.5 Å². The zero-order valence-electron chi connectivity index (χ0n) is 15.0. The smallest absolute Gasteiger partial charge is 0.378 e. The zero-order valence-corrected chi connectivity index (χ0v) is 15.8. The van der Waals surface area contributed by atoms with Gasteiger partial charge in [-0.2, -0.15) is 13.2 Å². The molecule has 2 aromatic rings. The van der Waals surface area contributed by atoms with Gasteiger partial charge in [-0.3, -0.25) is 4.79 Å². The molecule has 0 unspecified atom stereocenters. The number of halogens is 3. The van der Waals surface area contributed by atoms with Crippen LogP contribution in [-0.2, 0) is 22.1 Å². The van der Waals surface area contributed by atoms with Gasteiger partial charge in [0.2, 0.25) is 5.91 Å². The molecular weight excluding hydrogens is 389 g/mol. The number of hydrogen-bond donors (Lipinski definition) is 1. The molecule has 1 amide bonds. The molecule has 0 aliphatic carbocycles. The van der Waals surface area contributed by atoms with Crippen molar-refractivity contribution in [2.45, 2.75) is 22.7 Å². The number of thioether (sulfide) groups is 1. The number of ether oxygens (including phenoxy) is 1. The minimum atomic E-state index is -4.47. The molecular formula is C20H19F3N2O2S. The predicted molar refractivity (Wildman–Crippen MR) is 103 cm³/mol. The van der Waals surface area contributed by atoms with Crippen LogP contribution in [0.1, 0.15) is 11.1 Å². The Bertz CT molecular complexity index is 857. The van der Waals surface area contributed by atoms with Crippen LogP contribution in [0.5, 0.6) is 0 Å². The summed E-state index contributed by atoms with van der Waals surface area (Å²) in [6, 6.07) is 11.3. The maximum absolute atomic E-state index is 13.2. The van der Waals surface area contributed by atoms with Gasteiger partial charge in [0, 0.05) is 18.0 Å². The molecule has 1 fully saturated rings. The third-order valence-corrected chi connectivity index (χ3v) is 6.19. The number of hydrogen-bond acceptors (Lipinski definition) is 4. The van der Waals surface area contributed by atoms with Gasteiger partial charge in [-0.25, -0.2) is 0 Å². The van der Waals surface area contributed by atoms with Gasteiger partial charge in [-0.15, -0.1) is 11.8 Å². The Hall–Kier alpha value is -2.19. The molecule has 4 rings (SSSR count). The molecule has 0 radical (unpaired) electrons. The van der Waals surface area contributed by atoms with E-state index in [9.17, 15) is 18.0 Å². The third kappa shape index (κ3) is 3.98. The van der Waals surface area contributed by atoms with Crippen LogP contribution in [0.25, 0.3) is 0 Å². The van der Waals surface area contributed by atoms with Crippen LogP contribution < -0.4 is 10.2 Å². The van der Waals surface area contributed by atoms with Crippen molar-refractivity contribution in [3.05, 3.63) is 53.6 Å². The monoisotopic (exact) mass is 408 g/mol. The fourth-order valence-electron chi connectivity index (χ4n) is 3.43. The summed E-state index contributed by atoms with van der Waals surface area (Å²) < 4.78 is 45.0. The van der Waals surface area contributed by atoms with Gasteiger partial charge in [0.15, 0.2) is 0 Å². The van der Waals surface area contributed by atoms with Crippen LogP contribution in [0.15, 0.2) is 47.4 Å². The average molecular weight is 408 g/mol. The van der Waals surface area contributed by atoms with E-state index >= 15 is 0 Å². The maximum atomic E-state index is 13.2. The van der Waals surface area contributed by atoms with Crippen molar-refractivity contribution in [2.24, 2.45) is 0 Å². The van der Waals surface area contributed by atoms with Crippen molar-refractivity contribution in [1.29, 1.82) is 0 Å². The molecule has 2 heterocycles. The first-order valence-corrected chi connectivity index (χ1v) is 9.89. The van der Waals surface area contributed by atoms with E-state index in [1.165, 1.54) is 17.8 Å². The first-order valence-electron chi connectivity index (χ1n) is 9.01. The van der Waals surface area contributed by atoms with Crippen LogP contribution in [-0.4, -0.2) is 37.5 Å². The second kappa shape index (κ2) is 7.67. The Kier molecular flexibility index (Phi) is 5.25. The molecule has 148 valence electrons. The maximum Gasteiger partial charge on any atom is 0.416 e. The lowest BCUT2D eigenvalue weighted by Gasteiger charge is -2.31. The van der Waals surface area contributed by atoms with Gasteiger partial charge in [0.25, 0.3) is 0 Å². The Morgan fingerprint density at radius 1 is 1.14 bits per heavy atom. The number of carbonyl (C=O) groups excluding carboxylic acids is 1. The van der Waals surface area contributed by atoms with Crippen LogP contribution in [0.3, 0.4) is 0 Å². The topological polar surface area (TPSA) is 41.6 Å².